The van der Waals surface area contributed by atoms with Crippen LogP contribution in [0.25, 0.3) is 11.1 Å². The number of carbonyl (C=O) groups is 1. The van der Waals surface area contributed by atoms with E-state index in [1.165, 1.54) is 5.56 Å². The predicted molar refractivity (Wildman–Crippen MR) is 75.9 cm³/mol. The summed E-state index contributed by atoms with van der Waals surface area (Å²) in [5.74, 6) is 0.114. The molecule has 0 radical (unpaired) electrons. The molecule has 0 bridgehead atoms. The predicted octanol–water partition coefficient (Wildman–Crippen LogP) is 4.51. The third kappa shape index (κ3) is 2.67. The van der Waals surface area contributed by atoms with Crippen LogP contribution in [0.1, 0.15) is 36.2 Å². The second-order valence-corrected chi connectivity index (χ2v) is 4.55. The first-order chi connectivity index (χ1) is 8.72. The fourth-order valence-corrected chi connectivity index (χ4v) is 2.18. The summed E-state index contributed by atoms with van der Waals surface area (Å²) in [5, 5.41) is 0. The smallest absolute Gasteiger partial charge is 0.160 e. The minimum Gasteiger partial charge on any atom is -0.294 e. The fraction of sp³-hybridized carbons (Fsp3) is 0.235. The molecule has 2 aromatic carbocycles. The van der Waals surface area contributed by atoms with Crippen LogP contribution in [0.4, 0.5) is 0 Å². The van der Waals surface area contributed by atoms with E-state index in [9.17, 15) is 4.79 Å². The Morgan fingerprint density at radius 2 is 1.67 bits per heavy atom. The van der Waals surface area contributed by atoms with E-state index in [0.717, 1.165) is 29.5 Å². The molecule has 2 rings (SSSR count). The Balaban J connectivity index is 2.39. The Kier molecular flexibility index (Phi) is 3.93. The molecule has 2 aromatic rings. The topological polar surface area (TPSA) is 17.1 Å². The van der Waals surface area contributed by atoms with Gasteiger partial charge in [0.1, 0.15) is 0 Å². The summed E-state index contributed by atoms with van der Waals surface area (Å²) in [4.78, 5) is 11.6. The van der Waals surface area contributed by atoms with E-state index in [4.69, 9.17) is 0 Å². The molecule has 0 aliphatic rings. The molecule has 0 aliphatic heterocycles. The highest BCUT2D eigenvalue weighted by Crippen LogP contribution is 2.24. The van der Waals surface area contributed by atoms with E-state index in [1.807, 2.05) is 24.3 Å². The lowest BCUT2D eigenvalue weighted by Crippen LogP contribution is -1.95. The van der Waals surface area contributed by atoms with Gasteiger partial charge in [0.05, 0.1) is 0 Å². The fourth-order valence-electron chi connectivity index (χ4n) is 2.18. The highest BCUT2D eigenvalue weighted by atomic mass is 16.1. The van der Waals surface area contributed by atoms with Crippen LogP contribution in [0.15, 0.2) is 48.5 Å². The molecule has 92 valence electrons. The van der Waals surface area contributed by atoms with Crippen LogP contribution >= 0.6 is 0 Å². The van der Waals surface area contributed by atoms with Gasteiger partial charge in [-0.05, 0) is 30.0 Å². The van der Waals surface area contributed by atoms with E-state index in [0.29, 0.717) is 0 Å². The standard InChI is InChI=1S/C17H18O/c1-3-6-14-9-11-15(12-10-14)17-8-5-4-7-16(17)13(2)18/h4-5,7-12H,3,6H2,1-2H3. The van der Waals surface area contributed by atoms with E-state index in [2.05, 4.69) is 31.2 Å². The van der Waals surface area contributed by atoms with Crippen molar-refractivity contribution in [2.45, 2.75) is 26.7 Å². The van der Waals surface area contributed by atoms with Gasteiger partial charge in [-0.15, -0.1) is 0 Å². The first kappa shape index (κ1) is 12.6. The largest absolute Gasteiger partial charge is 0.294 e. The molecule has 0 unspecified atom stereocenters. The minimum absolute atomic E-state index is 0.114. The van der Waals surface area contributed by atoms with E-state index in [1.54, 1.807) is 6.92 Å². The molecule has 0 aliphatic carbocycles. The van der Waals surface area contributed by atoms with Gasteiger partial charge in [0.2, 0.25) is 0 Å². The van der Waals surface area contributed by atoms with Gasteiger partial charge in [-0.2, -0.15) is 0 Å². The highest BCUT2D eigenvalue weighted by molar-refractivity contribution is 6.00. The van der Waals surface area contributed by atoms with Crippen molar-refractivity contribution in [3.8, 4) is 11.1 Å². The summed E-state index contributed by atoms with van der Waals surface area (Å²) >= 11 is 0. The maximum absolute atomic E-state index is 11.6. The number of carbonyl (C=O) groups excluding carboxylic acids is 1. The summed E-state index contributed by atoms with van der Waals surface area (Å²) in [7, 11) is 0. The van der Waals surface area contributed by atoms with Gasteiger partial charge < -0.3 is 0 Å². The number of Topliss-reactive ketones (excluding diaryl/α,β-unsaturated/α-hetero) is 1. The van der Waals surface area contributed by atoms with E-state index in [-0.39, 0.29) is 5.78 Å². The quantitative estimate of drug-likeness (QED) is 0.716. The van der Waals surface area contributed by atoms with Crippen molar-refractivity contribution < 1.29 is 4.79 Å². The maximum atomic E-state index is 11.6. The van der Waals surface area contributed by atoms with Gasteiger partial charge in [0, 0.05) is 5.56 Å². The second kappa shape index (κ2) is 5.63. The van der Waals surface area contributed by atoms with Crippen molar-refractivity contribution in [1.82, 2.24) is 0 Å². The Hall–Kier alpha value is -1.89. The summed E-state index contributed by atoms with van der Waals surface area (Å²) in [6, 6.07) is 16.3. The molecular weight excluding hydrogens is 220 g/mol. The first-order valence-corrected chi connectivity index (χ1v) is 6.41. The SMILES string of the molecule is CCCc1ccc(-c2ccccc2C(C)=O)cc1. The summed E-state index contributed by atoms with van der Waals surface area (Å²) < 4.78 is 0. The summed E-state index contributed by atoms with van der Waals surface area (Å²) in [6.45, 7) is 3.79. The lowest BCUT2D eigenvalue weighted by molar-refractivity contribution is 0.101. The average molecular weight is 238 g/mol. The normalized spacial score (nSPS) is 10.3. The molecule has 0 heterocycles. The Labute approximate surface area is 108 Å². The molecule has 0 saturated carbocycles. The highest BCUT2D eigenvalue weighted by Gasteiger charge is 2.07. The van der Waals surface area contributed by atoms with Crippen molar-refractivity contribution in [3.63, 3.8) is 0 Å². The molecule has 0 spiro atoms. The van der Waals surface area contributed by atoms with Crippen molar-refractivity contribution in [2.75, 3.05) is 0 Å². The molecule has 1 nitrogen and oxygen atoms in total. The van der Waals surface area contributed by atoms with Crippen molar-refractivity contribution >= 4 is 5.78 Å². The number of aryl methyl sites for hydroxylation is 1. The van der Waals surface area contributed by atoms with Crippen LogP contribution in [-0.2, 0) is 6.42 Å². The molecule has 1 heteroatoms. The van der Waals surface area contributed by atoms with Crippen LogP contribution < -0.4 is 0 Å². The molecule has 0 atom stereocenters. The van der Waals surface area contributed by atoms with Crippen molar-refractivity contribution in [2.24, 2.45) is 0 Å². The molecule has 0 N–H and O–H groups in total. The Bertz CT molecular complexity index is 538. The van der Waals surface area contributed by atoms with Gasteiger partial charge in [-0.25, -0.2) is 0 Å². The van der Waals surface area contributed by atoms with Crippen LogP contribution in [0, 0.1) is 0 Å². The summed E-state index contributed by atoms with van der Waals surface area (Å²) in [5.41, 5.74) is 4.27. The molecule has 0 fully saturated rings. The van der Waals surface area contributed by atoms with Crippen molar-refractivity contribution in [3.05, 3.63) is 59.7 Å². The van der Waals surface area contributed by atoms with Gasteiger partial charge in [-0.3, -0.25) is 4.79 Å². The number of ketones is 1. The van der Waals surface area contributed by atoms with Gasteiger partial charge >= 0.3 is 0 Å². The van der Waals surface area contributed by atoms with E-state index >= 15 is 0 Å². The monoisotopic (exact) mass is 238 g/mol. The number of hydrogen-bond acceptors (Lipinski definition) is 1. The molecule has 0 amide bonds. The first-order valence-electron chi connectivity index (χ1n) is 6.41. The average Bonchev–Trinajstić information content (AvgIpc) is 2.40. The van der Waals surface area contributed by atoms with Crippen LogP contribution in [0.5, 0.6) is 0 Å². The van der Waals surface area contributed by atoms with Gasteiger partial charge in [0.25, 0.3) is 0 Å². The molecule has 0 saturated heterocycles. The molecule has 0 aromatic heterocycles. The third-order valence-corrected chi connectivity index (χ3v) is 3.11. The Morgan fingerprint density at radius 1 is 1.00 bits per heavy atom. The van der Waals surface area contributed by atoms with E-state index < -0.39 is 0 Å². The second-order valence-electron chi connectivity index (χ2n) is 4.55. The minimum atomic E-state index is 0.114. The lowest BCUT2D eigenvalue weighted by atomic mass is 9.96. The lowest BCUT2D eigenvalue weighted by Gasteiger charge is -2.08. The third-order valence-electron chi connectivity index (χ3n) is 3.11. The zero-order valence-electron chi connectivity index (χ0n) is 10.9. The number of hydrogen-bond donors (Lipinski definition) is 0. The number of benzene rings is 2. The maximum Gasteiger partial charge on any atom is 0.160 e. The molecule has 18 heavy (non-hydrogen) atoms. The number of rotatable bonds is 4. The molecular formula is C17H18O. The van der Waals surface area contributed by atoms with Crippen LogP contribution in [0.2, 0.25) is 0 Å². The van der Waals surface area contributed by atoms with Gasteiger partial charge in [0.15, 0.2) is 5.78 Å². The Morgan fingerprint density at radius 3 is 2.28 bits per heavy atom. The zero-order valence-corrected chi connectivity index (χ0v) is 10.9. The van der Waals surface area contributed by atoms with Crippen LogP contribution in [-0.4, -0.2) is 5.78 Å². The van der Waals surface area contributed by atoms with Crippen LogP contribution in [0.3, 0.4) is 0 Å². The summed E-state index contributed by atoms with van der Waals surface area (Å²) in [6.07, 6.45) is 2.26. The van der Waals surface area contributed by atoms with Crippen molar-refractivity contribution in [1.29, 1.82) is 0 Å². The van der Waals surface area contributed by atoms with Gasteiger partial charge in [-0.1, -0.05) is 61.9 Å². The zero-order chi connectivity index (χ0) is 13.0.